The highest BCUT2D eigenvalue weighted by Gasteiger charge is 2.40. The van der Waals surface area contributed by atoms with E-state index >= 15 is 0 Å². The van der Waals surface area contributed by atoms with E-state index in [-0.39, 0.29) is 0 Å². The van der Waals surface area contributed by atoms with E-state index < -0.39 is 34.3 Å². The van der Waals surface area contributed by atoms with E-state index in [1.165, 1.54) is 18.4 Å². The number of carbonyl (C=O) groups excluding carboxylic acids is 1. The fraction of sp³-hybridized carbons (Fsp3) is 0.353. The summed E-state index contributed by atoms with van der Waals surface area (Å²) >= 11 is 1.45. The maximum Gasteiger partial charge on any atom is 0.280 e. The van der Waals surface area contributed by atoms with E-state index in [0.29, 0.717) is 17.7 Å². The summed E-state index contributed by atoms with van der Waals surface area (Å²) in [6.07, 6.45) is -0.324. The molecule has 0 bridgehead atoms. The number of aliphatic hydroxyl groups excluding tert-OH is 1. The van der Waals surface area contributed by atoms with Crippen LogP contribution in [0.4, 0.5) is 5.69 Å². The summed E-state index contributed by atoms with van der Waals surface area (Å²) in [5.74, 6) is -0.401. The number of aliphatic hydroxyl groups is 1. The zero-order valence-corrected chi connectivity index (χ0v) is 16.0. The van der Waals surface area contributed by atoms with Crippen LogP contribution in [-0.2, 0) is 15.0 Å². The Hall–Kier alpha value is -1.78. The predicted molar refractivity (Wildman–Crippen MR) is 101 cm³/mol. The number of carbonyl (C=O) groups is 1. The zero-order chi connectivity index (χ0) is 18.9. The van der Waals surface area contributed by atoms with Crippen LogP contribution in [0.1, 0.15) is 35.9 Å². The Morgan fingerprint density at radius 1 is 1.38 bits per heavy atom. The van der Waals surface area contributed by atoms with E-state index in [1.54, 1.807) is 31.2 Å². The van der Waals surface area contributed by atoms with Gasteiger partial charge < -0.3 is 10.4 Å². The van der Waals surface area contributed by atoms with Crippen molar-refractivity contribution in [3.63, 3.8) is 0 Å². The fourth-order valence-corrected chi connectivity index (χ4v) is 5.02. The molecule has 1 aromatic carbocycles. The first-order chi connectivity index (χ1) is 12.3. The van der Waals surface area contributed by atoms with Gasteiger partial charge in [0.05, 0.1) is 12.1 Å². The number of anilines is 1. The van der Waals surface area contributed by atoms with Crippen LogP contribution >= 0.6 is 11.3 Å². The molecule has 3 atom stereocenters. The van der Waals surface area contributed by atoms with Gasteiger partial charge in [0.25, 0.3) is 10.2 Å². The predicted octanol–water partition coefficient (Wildman–Crippen LogP) is 2.02. The monoisotopic (exact) mass is 395 g/mol. The van der Waals surface area contributed by atoms with Crippen molar-refractivity contribution in [1.82, 2.24) is 9.03 Å². The third kappa shape index (κ3) is 3.97. The molecular formula is C17H21N3O4S2. The van der Waals surface area contributed by atoms with E-state index in [9.17, 15) is 18.3 Å². The second-order valence-corrected chi connectivity index (χ2v) is 8.99. The summed E-state index contributed by atoms with van der Waals surface area (Å²) in [4.78, 5) is 13.6. The van der Waals surface area contributed by atoms with Crippen molar-refractivity contribution in [1.29, 1.82) is 0 Å². The van der Waals surface area contributed by atoms with Crippen molar-refractivity contribution in [3.8, 4) is 0 Å². The van der Waals surface area contributed by atoms with Gasteiger partial charge in [-0.2, -0.15) is 17.4 Å². The van der Waals surface area contributed by atoms with Gasteiger partial charge in [-0.1, -0.05) is 18.2 Å². The van der Waals surface area contributed by atoms with E-state index in [2.05, 4.69) is 10.0 Å². The molecule has 1 saturated heterocycles. The third-order valence-corrected chi connectivity index (χ3v) is 6.98. The molecule has 0 aliphatic carbocycles. The molecule has 1 aromatic heterocycles. The molecule has 1 aliphatic rings. The average Bonchev–Trinajstić information content (AvgIpc) is 3.11. The number of thiophene rings is 1. The van der Waals surface area contributed by atoms with Crippen LogP contribution < -0.4 is 10.0 Å². The van der Waals surface area contributed by atoms with E-state index in [1.807, 2.05) is 17.5 Å². The summed E-state index contributed by atoms with van der Waals surface area (Å²) in [6.45, 7) is 1.64. The number of benzene rings is 1. The Morgan fingerprint density at radius 3 is 2.81 bits per heavy atom. The SMILES string of the molecule is C[C@@H](O)c1cccc(NC(=O)[C@H]2C[C@@H](c3cccs3)NS(=O)(=O)N2C)c1. The van der Waals surface area contributed by atoms with Gasteiger partial charge in [0.2, 0.25) is 5.91 Å². The summed E-state index contributed by atoms with van der Waals surface area (Å²) in [6, 6.07) is 9.31. The molecule has 3 N–H and O–H groups in total. The number of nitrogens with one attached hydrogen (secondary N) is 2. The van der Waals surface area contributed by atoms with E-state index in [4.69, 9.17) is 0 Å². The normalized spacial score (nSPS) is 24.1. The molecule has 140 valence electrons. The Labute approximate surface area is 156 Å². The zero-order valence-electron chi connectivity index (χ0n) is 14.4. The van der Waals surface area contributed by atoms with Gasteiger partial charge in [-0.3, -0.25) is 4.79 Å². The Balaban J connectivity index is 1.81. The van der Waals surface area contributed by atoms with Gasteiger partial charge in [-0.15, -0.1) is 11.3 Å². The standard InChI is InChI=1S/C17H21N3O4S2/c1-11(21)12-5-3-6-13(9-12)18-17(22)15-10-14(16-7-4-8-25-16)19-26(23,24)20(15)2/h3-9,11,14-15,19,21H,10H2,1-2H3,(H,18,22)/t11-,14+,15-/m1/s1. The Morgan fingerprint density at radius 2 is 2.15 bits per heavy atom. The second kappa shape index (κ2) is 7.45. The van der Waals surface area contributed by atoms with Gasteiger partial charge in [0.15, 0.2) is 0 Å². The van der Waals surface area contributed by atoms with Crippen molar-refractivity contribution < 1.29 is 18.3 Å². The molecule has 1 fully saturated rings. The minimum atomic E-state index is -3.76. The first-order valence-electron chi connectivity index (χ1n) is 8.15. The van der Waals surface area contributed by atoms with Gasteiger partial charge in [-0.25, -0.2) is 0 Å². The molecular weight excluding hydrogens is 374 g/mol. The van der Waals surface area contributed by atoms with Gasteiger partial charge in [0.1, 0.15) is 6.04 Å². The summed E-state index contributed by atoms with van der Waals surface area (Å²) < 4.78 is 28.5. The van der Waals surface area contributed by atoms with Crippen molar-refractivity contribution >= 4 is 33.1 Å². The molecule has 26 heavy (non-hydrogen) atoms. The quantitative estimate of drug-likeness (QED) is 0.738. The van der Waals surface area contributed by atoms with Crippen LogP contribution in [0.5, 0.6) is 0 Å². The molecule has 9 heteroatoms. The van der Waals surface area contributed by atoms with Crippen LogP contribution in [-0.4, -0.2) is 36.8 Å². The highest BCUT2D eigenvalue weighted by atomic mass is 32.2. The lowest BCUT2D eigenvalue weighted by Gasteiger charge is -2.35. The van der Waals surface area contributed by atoms with Crippen molar-refractivity contribution in [2.45, 2.75) is 31.5 Å². The minimum Gasteiger partial charge on any atom is -0.389 e. The third-order valence-electron chi connectivity index (χ3n) is 4.39. The number of hydrogen-bond donors (Lipinski definition) is 3. The number of hydrogen-bond acceptors (Lipinski definition) is 5. The molecule has 0 unspecified atom stereocenters. The molecule has 0 saturated carbocycles. The summed E-state index contributed by atoms with van der Waals surface area (Å²) in [7, 11) is -2.36. The Bertz CT molecular complexity index is 881. The smallest absolute Gasteiger partial charge is 0.280 e. The van der Waals surface area contributed by atoms with Crippen molar-refractivity contribution in [3.05, 3.63) is 52.2 Å². The maximum absolute atomic E-state index is 12.8. The van der Waals surface area contributed by atoms with Crippen LogP contribution in [0.3, 0.4) is 0 Å². The molecule has 3 rings (SSSR count). The van der Waals surface area contributed by atoms with Crippen LogP contribution in [0.15, 0.2) is 41.8 Å². The lowest BCUT2D eigenvalue weighted by molar-refractivity contribution is -0.120. The fourth-order valence-electron chi connectivity index (χ4n) is 2.89. The van der Waals surface area contributed by atoms with Gasteiger partial charge >= 0.3 is 0 Å². The number of nitrogens with zero attached hydrogens (tertiary/aromatic N) is 1. The van der Waals surface area contributed by atoms with Crippen LogP contribution in [0, 0.1) is 0 Å². The molecule has 0 spiro atoms. The lowest BCUT2D eigenvalue weighted by atomic mass is 10.0. The Kier molecular flexibility index (Phi) is 5.44. The van der Waals surface area contributed by atoms with Crippen molar-refractivity contribution in [2.24, 2.45) is 0 Å². The highest BCUT2D eigenvalue weighted by molar-refractivity contribution is 7.87. The molecule has 0 radical (unpaired) electrons. The number of amides is 1. The van der Waals surface area contributed by atoms with Gasteiger partial charge in [0, 0.05) is 17.6 Å². The highest BCUT2D eigenvalue weighted by Crippen LogP contribution is 2.31. The molecule has 2 heterocycles. The van der Waals surface area contributed by atoms with E-state index in [0.717, 1.165) is 9.18 Å². The molecule has 7 nitrogen and oxygen atoms in total. The molecule has 1 amide bonds. The minimum absolute atomic E-state index is 0.332. The topological polar surface area (TPSA) is 98.7 Å². The van der Waals surface area contributed by atoms with Crippen molar-refractivity contribution in [2.75, 3.05) is 12.4 Å². The first-order valence-corrected chi connectivity index (χ1v) is 10.5. The largest absolute Gasteiger partial charge is 0.389 e. The number of likely N-dealkylation sites (N-methyl/N-ethyl adjacent to an activating group) is 1. The summed E-state index contributed by atoms with van der Waals surface area (Å²) in [5, 5.41) is 14.3. The second-order valence-electron chi connectivity index (χ2n) is 6.25. The van der Waals surface area contributed by atoms with Crippen LogP contribution in [0.2, 0.25) is 0 Å². The lowest BCUT2D eigenvalue weighted by Crippen LogP contribution is -2.55. The molecule has 1 aliphatic heterocycles. The number of rotatable bonds is 4. The average molecular weight is 396 g/mol. The van der Waals surface area contributed by atoms with Crippen LogP contribution in [0.25, 0.3) is 0 Å². The summed E-state index contributed by atoms with van der Waals surface area (Å²) in [5.41, 5.74) is 1.19. The molecule has 2 aromatic rings. The maximum atomic E-state index is 12.8. The first kappa shape index (κ1) is 19.0. The van der Waals surface area contributed by atoms with Gasteiger partial charge in [-0.05, 0) is 42.5 Å².